The lowest BCUT2D eigenvalue weighted by molar-refractivity contribution is 0.860. The van der Waals surface area contributed by atoms with E-state index in [0.717, 1.165) is 36.8 Å². The first kappa shape index (κ1) is 11.5. The standard InChI is InChI=1S/C11H15N3S2/c1-2-3-10-13-11(16-14-10)12-6-4-9-5-7-15-8-9/h5,7-8H,2-4,6H2,1H3,(H,12,13,14). The molecule has 0 aliphatic carbocycles. The van der Waals surface area contributed by atoms with Crippen molar-refractivity contribution in [2.45, 2.75) is 26.2 Å². The van der Waals surface area contributed by atoms with E-state index in [2.05, 4.69) is 38.4 Å². The molecule has 5 heteroatoms. The Bertz CT molecular complexity index is 409. The SMILES string of the molecule is CCCc1nsc(NCCc2ccsc2)n1. The predicted molar refractivity (Wildman–Crippen MR) is 70.4 cm³/mol. The molecule has 0 unspecified atom stereocenters. The summed E-state index contributed by atoms with van der Waals surface area (Å²) >= 11 is 3.20. The number of thiophene rings is 1. The molecule has 2 rings (SSSR count). The number of hydrogen-bond donors (Lipinski definition) is 1. The van der Waals surface area contributed by atoms with Gasteiger partial charge in [-0.15, -0.1) is 0 Å². The van der Waals surface area contributed by atoms with Gasteiger partial charge in [0.15, 0.2) is 0 Å². The minimum absolute atomic E-state index is 0.928. The molecule has 0 aliphatic rings. The van der Waals surface area contributed by atoms with Gasteiger partial charge in [-0.2, -0.15) is 15.7 Å². The van der Waals surface area contributed by atoms with Crippen molar-refractivity contribution in [2.75, 3.05) is 11.9 Å². The third-order valence-electron chi connectivity index (χ3n) is 2.21. The number of nitrogens with one attached hydrogen (secondary N) is 1. The average Bonchev–Trinajstić information content (AvgIpc) is 2.90. The van der Waals surface area contributed by atoms with Crippen LogP contribution in [0.5, 0.6) is 0 Å². The zero-order valence-electron chi connectivity index (χ0n) is 9.27. The van der Waals surface area contributed by atoms with E-state index in [9.17, 15) is 0 Å². The van der Waals surface area contributed by atoms with Gasteiger partial charge in [-0.05, 0) is 35.2 Å². The van der Waals surface area contributed by atoms with Crippen LogP contribution in [0.1, 0.15) is 24.7 Å². The highest BCUT2D eigenvalue weighted by Gasteiger charge is 2.02. The molecule has 0 atom stereocenters. The second-order valence-electron chi connectivity index (χ2n) is 3.57. The molecular weight excluding hydrogens is 238 g/mol. The smallest absolute Gasteiger partial charge is 0.202 e. The van der Waals surface area contributed by atoms with E-state index >= 15 is 0 Å². The molecule has 0 bridgehead atoms. The fraction of sp³-hybridized carbons (Fsp3) is 0.455. The summed E-state index contributed by atoms with van der Waals surface area (Å²) < 4.78 is 4.29. The fourth-order valence-corrected chi connectivity index (χ4v) is 2.74. The van der Waals surface area contributed by atoms with E-state index in [-0.39, 0.29) is 0 Å². The molecule has 0 spiro atoms. The summed E-state index contributed by atoms with van der Waals surface area (Å²) in [5, 5.41) is 8.55. The van der Waals surface area contributed by atoms with E-state index in [1.807, 2.05) is 0 Å². The second kappa shape index (κ2) is 5.96. The molecule has 86 valence electrons. The van der Waals surface area contributed by atoms with Gasteiger partial charge in [-0.25, -0.2) is 4.98 Å². The Balaban J connectivity index is 1.76. The number of aryl methyl sites for hydroxylation is 1. The van der Waals surface area contributed by atoms with Gasteiger partial charge in [0.2, 0.25) is 5.13 Å². The van der Waals surface area contributed by atoms with Crippen molar-refractivity contribution in [3.05, 3.63) is 28.2 Å². The van der Waals surface area contributed by atoms with Crippen molar-refractivity contribution in [1.82, 2.24) is 9.36 Å². The lowest BCUT2D eigenvalue weighted by Gasteiger charge is -1.99. The molecule has 16 heavy (non-hydrogen) atoms. The average molecular weight is 253 g/mol. The van der Waals surface area contributed by atoms with Crippen LogP contribution in [0.25, 0.3) is 0 Å². The van der Waals surface area contributed by atoms with Crippen LogP contribution in [0.15, 0.2) is 16.8 Å². The first-order valence-corrected chi connectivity index (χ1v) is 7.17. The van der Waals surface area contributed by atoms with Gasteiger partial charge in [0.1, 0.15) is 5.82 Å². The minimum atomic E-state index is 0.928. The molecule has 0 amide bonds. The summed E-state index contributed by atoms with van der Waals surface area (Å²) in [4.78, 5) is 4.42. The molecule has 0 saturated heterocycles. The Labute approximate surface area is 104 Å². The number of hydrogen-bond acceptors (Lipinski definition) is 5. The van der Waals surface area contributed by atoms with Crippen molar-refractivity contribution < 1.29 is 0 Å². The molecule has 0 aromatic carbocycles. The number of rotatable bonds is 6. The van der Waals surface area contributed by atoms with Crippen molar-refractivity contribution in [3.63, 3.8) is 0 Å². The maximum atomic E-state index is 4.42. The Morgan fingerprint density at radius 3 is 3.06 bits per heavy atom. The largest absolute Gasteiger partial charge is 0.360 e. The van der Waals surface area contributed by atoms with Crippen molar-refractivity contribution in [3.8, 4) is 0 Å². The van der Waals surface area contributed by atoms with Crippen LogP contribution in [0, 0.1) is 0 Å². The highest BCUT2D eigenvalue weighted by atomic mass is 32.1. The maximum absolute atomic E-state index is 4.42. The second-order valence-corrected chi connectivity index (χ2v) is 5.11. The monoisotopic (exact) mass is 253 g/mol. The van der Waals surface area contributed by atoms with Crippen LogP contribution in [-0.2, 0) is 12.8 Å². The Morgan fingerprint density at radius 2 is 2.31 bits per heavy atom. The lowest BCUT2D eigenvalue weighted by atomic mass is 10.2. The van der Waals surface area contributed by atoms with Gasteiger partial charge in [0.05, 0.1) is 0 Å². The molecule has 0 fully saturated rings. The molecule has 0 saturated carbocycles. The molecule has 0 radical (unpaired) electrons. The topological polar surface area (TPSA) is 37.8 Å². The predicted octanol–water partition coefficient (Wildman–Crippen LogP) is 3.21. The van der Waals surface area contributed by atoms with Crippen LogP contribution in [0.3, 0.4) is 0 Å². The summed E-state index contributed by atoms with van der Waals surface area (Å²) in [6.45, 7) is 3.07. The van der Waals surface area contributed by atoms with Gasteiger partial charge in [-0.3, -0.25) is 0 Å². The van der Waals surface area contributed by atoms with Crippen LogP contribution in [-0.4, -0.2) is 15.9 Å². The van der Waals surface area contributed by atoms with Gasteiger partial charge >= 0.3 is 0 Å². The van der Waals surface area contributed by atoms with Crippen molar-refractivity contribution in [1.29, 1.82) is 0 Å². The van der Waals surface area contributed by atoms with E-state index in [1.165, 1.54) is 17.1 Å². The van der Waals surface area contributed by atoms with Gasteiger partial charge in [-0.1, -0.05) is 6.92 Å². The van der Waals surface area contributed by atoms with E-state index in [1.54, 1.807) is 11.3 Å². The van der Waals surface area contributed by atoms with Gasteiger partial charge in [0, 0.05) is 24.5 Å². The summed E-state index contributed by atoms with van der Waals surface area (Å²) in [6, 6.07) is 2.16. The maximum Gasteiger partial charge on any atom is 0.202 e. The first-order valence-electron chi connectivity index (χ1n) is 5.46. The summed E-state index contributed by atoms with van der Waals surface area (Å²) in [5.74, 6) is 0.963. The number of anilines is 1. The van der Waals surface area contributed by atoms with Crippen LogP contribution in [0.2, 0.25) is 0 Å². The molecule has 1 N–H and O–H groups in total. The number of aromatic nitrogens is 2. The zero-order chi connectivity index (χ0) is 11.2. The molecule has 0 aliphatic heterocycles. The minimum Gasteiger partial charge on any atom is -0.360 e. The normalized spacial score (nSPS) is 10.6. The van der Waals surface area contributed by atoms with Crippen molar-refractivity contribution >= 4 is 28.0 Å². The highest BCUT2D eigenvalue weighted by Crippen LogP contribution is 2.12. The summed E-state index contributed by atoms with van der Waals surface area (Å²) in [5.41, 5.74) is 1.38. The summed E-state index contributed by atoms with van der Waals surface area (Å²) in [6.07, 6.45) is 3.12. The molecule has 2 aromatic rings. The van der Waals surface area contributed by atoms with E-state index in [0.29, 0.717) is 0 Å². The third-order valence-corrected chi connectivity index (χ3v) is 3.65. The Kier molecular flexibility index (Phi) is 4.30. The van der Waals surface area contributed by atoms with Gasteiger partial charge in [0.25, 0.3) is 0 Å². The summed E-state index contributed by atoms with van der Waals surface area (Å²) in [7, 11) is 0. The van der Waals surface area contributed by atoms with Crippen LogP contribution in [0.4, 0.5) is 5.13 Å². The Hall–Kier alpha value is -0.940. The highest BCUT2D eigenvalue weighted by molar-refractivity contribution is 7.09. The third kappa shape index (κ3) is 3.28. The zero-order valence-corrected chi connectivity index (χ0v) is 10.9. The quantitative estimate of drug-likeness (QED) is 0.859. The molecule has 2 heterocycles. The fourth-order valence-electron chi connectivity index (χ4n) is 1.40. The van der Waals surface area contributed by atoms with E-state index < -0.39 is 0 Å². The van der Waals surface area contributed by atoms with Crippen LogP contribution >= 0.6 is 22.9 Å². The first-order chi connectivity index (χ1) is 7.88. The van der Waals surface area contributed by atoms with Crippen LogP contribution < -0.4 is 5.32 Å². The molecule has 2 aromatic heterocycles. The Morgan fingerprint density at radius 1 is 1.38 bits per heavy atom. The van der Waals surface area contributed by atoms with Gasteiger partial charge < -0.3 is 5.32 Å². The number of nitrogens with zero attached hydrogens (tertiary/aromatic N) is 2. The molecule has 3 nitrogen and oxygen atoms in total. The molecular formula is C11H15N3S2. The van der Waals surface area contributed by atoms with E-state index in [4.69, 9.17) is 0 Å². The van der Waals surface area contributed by atoms with Crippen molar-refractivity contribution in [2.24, 2.45) is 0 Å². The lowest BCUT2D eigenvalue weighted by Crippen LogP contribution is -2.03.